The number of likely N-dealkylation sites (tertiary alicyclic amines) is 1. The SMILES string of the molecule is Cc1cc(/C(O)=C2/C(=O)C(=O)N(CCCN(C)C)C2c2ccc(O)cc2)ccc1Br. The highest BCUT2D eigenvalue weighted by Gasteiger charge is 2.45. The molecule has 1 aliphatic heterocycles. The number of rotatable bonds is 6. The summed E-state index contributed by atoms with van der Waals surface area (Å²) in [6.07, 6.45) is 0.687. The molecule has 2 aromatic carbocycles. The van der Waals surface area contributed by atoms with E-state index in [9.17, 15) is 19.8 Å². The lowest BCUT2D eigenvalue weighted by atomic mass is 9.95. The van der Waals surface area contributed by atoms with E-state index in [2.05, 4.69) is 15.9 Å². The van der Waals surface area contributed by atoms with Gasteiger partial charge in [0.15, 0.2) is 0 Å². The molecule has 0 aromatic heterocycles. The number of aliphatic hydroxyl groups is 1. The molecule has 0 bridgehead atoms. The summed E-state index contributed by atoms with van der Waals surface area (Å²) in [5, 5.41) is 20.7. The van der Waals surface area contributed by atoms with Crippen LogP contribution in [0.2, 0.25) is 0 Å². The number of Topliss-reactive ketones (excluding diaryl/α,β-unsaturated/α-hetero) is 1. The van der Waals surface area contributed by atoms with E-state index >= 15 is 0 Å². The number of aromatic hydroxyl groups is 1. The molecule has 1 unspecified atom stereocenters. The summed E-state index contributed by atoms with van der Waals surface area (Å²) in [6, 6.07) is 10.9. The fraction of sp³-hybridized carbons (Fsp3) is 0.304. The number of amides is 1. The molecule has 1 aliphatic rings. The number of carbonyl (C=O) groups is 2. The Bertz CT molecular complexity index is 999. The van der Waals surface area contributed by atoms with Crippen LogP contribution in [0, 0.1) is 6.92 Å². The van der Waals surface area contributed by atoms with Crippen LogP contribution in [0.15, 0.2) is 52.5 Å². The van der Waals surface area contributed by atoms with Crippen molar-refractivity contribution in [3.63, 3.8) is 0 Å². The number of hydrogen-bond acceptors (Lipinski definition) is 5. The summed E-state index contributed by atoms with van der Waals surface area (Å²) < 4.78 is 0.887. The standard InChI is InChI=1S/C23H25BrN2O4/c1-14-13-16(7-10-18(14)24)21(28)19-20(15-5-8-17(27)9-6-15)26(23(30)22(19)29)12-4-11-25(2)3/h5-10,13,20,27-28H,4,11-12H2,1-3H3/b21-19-. The van der Waals surface area contributed by atoms with E-state index in [-0.39, 0.29) is 17.1 Å². The lowest BCUT2D eigenvalue weighted by Gasteiger charge is -2.26. The first-order chi connectivity index (χ1) is 14.2. The molecule has 2 aromatic rings. The highest BCUT2D eigenvalue weighted by atomic mass is 79.9. The summed E-state index contributed by atoms with van der Waals surface area (Å²) >= 11 is 3.43. The van der Waals surface area contributed by atoms with Crippen molar-refractivity contribution < 1.29 is 19.8 Å². The van der Waals surface area contributed by atoms with Crippen molar-refractivity contribution in [2.24, 2.45) is 0 Å². The van der Waals surface area contributed by atoms with Gasteiger partial charge in [0, 0.05) is 16.6 Å². The monoisotopic (exact) mass is 472 g/mol. The van der Waals surface area contributed by atoms with Crippen molar-refractivity contribution >= 4 is 33.4 Å². The number of ketones is 1. The van der Waals surface area contributed by atoms with E-state index in [0.29, 0.717) is 24.1 Å². The van der Waals surface area contributed by atoms with E-state index < -0.39 is 17.7 Å². The van der Waals surface area contributed by atoms with Gasteiger partial charge in [-0.1, -0.05) is 34.1 Å². The first-order valence-electron chi connectivity index (χ1n) is 9.69. The van der Waals surface area contributed by atoms with Crippen molar-refractivity contribution in [2.75, 3.05) is 27.2 Å². The molecule has 30 heavy (non-hydrogen) atoms. The zero-order valence-electron chi connectivity index (χ0n) is 17.2. The quantitative estimate of drug-likeness (QED) is 0.379. The molecule has 1 atom stereocenters. The molecular weight excluding hydrogens is 448 g/mol. The van der Waals surface area contributed by atoms with Crippen molar-refractivity contribution in [3.05, 3.63) is 69.2 Å². The van der Waals surface area contributed by atoms with Crippen LogP contribution < -0.4 is 0 Å². The average molecular weight is 473 g/mol. The van der Waals surface area contributed by atoms with E-state index in [4.69, 9.17) is 0 Å². The first kappa shape index (κ1) is 22.1. The Labute approximate surface area is 184 Å². The maximum absolute atomic E-state index is 13.0. The fourth-order valence-corrected chi connectivity index (χ4v) is 3.87. The molecule has 1 amide bonds. The molecule has 1 heterocycles. The Morgan fingerprint density at radius 1 is 1.13 bits per heavy atom. The summed E-state index contributed by atoms with van der Waals surface area (Å²) in [5.74, 6) is -1.43. The number of nitrogens with zero attached hydrogens (tertiary/aromatic N) is 2. The average Bonchev–Trinajstić information content (AvgIpc) is 2.95. The van der Waals surface area contributed by atoms with Gasteiger partial charge >= 0.3 is 0 Å². The molecular formula is C23H25BrN2O4. The number of hydrogen-bond donors (Lipinski definition) is 2. The zero-order chi connectivity index (χ0) is 22.0. The normalized spacial score (nSPS) is 18.4. The molecule has 0 saturated carbocycles. The largest absolute Gasteiger partial charge is 0.508 e. The van der Waals surface area contributed by atoms with Crippen LogP contribution in [0.3, 0.4) is 0 Å². The second kappa shape index (κ2) is 9.02. The molecule has 158 valence electrons. The number of aliphatic hydroxyl groups excluding tert-OH is 1. The van der Waals surface area contributed by atoms with Crippen molar-refractivity contribution in [2.45, 2.75) is 19.4 Å². The highest BCUT2D eigenvalue weighted by molar-refractivity contribution is 9.10. The van der Waals surface area contributed by atoms with Gasteiger partial charge < -0.3 is 20.0 Å². The Balaban J connectivity index is 2.10. The van der Waals surface area contributed by atoms with Crippen LogP contribution in [-0.4, -0.2) is 58.9 Å². The third-order valence-corrected chi connectivity index (χ3v) is 6.07. The fourth-order valence-electron chi connectivity index (χ4n) is 3.62. The van der Waals surface area contributed by atoms with Gasteiger partial charge in [-0.15, -0.1) is 0 Å². The third kappa shape index (κ3) is 4.42. The van der Waals surface area contributed by atoms with Gasteiger partial charge in [-0.05, 0) is 69.4 Å². The molecule has 0 aliphatic carbocycles. The Hall–Kier alpha value is -2.64. The van der Waals surface area contributed by atoms with Gasteiger partial charge in [-0.2, -0.15) is 0 Å². The molecule has 0 spiro atoms. The smallest absolute Gasteiger partial charge is 0.295 e. The van der Waals surface area contributed by atoms with Crippen LogP contribution in [-0.2, 0) is 9.59 Å². The first-order valence-corrected chi connectivity index (χ1v) is 10.5. The number of carbonyl (C=O) groups excluding carboxylic acids is 2. The van der Waals surface area contributed by atoms with Gasteiger partial charge in [0.25, 0.3) is 11.7 Å². The topological polar surface area (TPSA) is 81.1 Å². The minimum atomic E-state index is -0.711. The van der Waals surface area contributed by atoms with Gasteiger partial charge in [-0.3, -0.25) is 9.59 Å². The van der Waals surface area contributed by atoms with E-state index in [1.807, 2.05) is 25.9 Å². The maximum Gasteiger partial charge on any atom is 0.295 e. The van der Waals surface area contributed by atoms with Crippen molar-refractivity contribution in [1.82, 2.24) is 9.80 Å². The van der Waals surface area contributed by atoms with Gasteiger partial charge in [0.1, 0.15) is 11.5 Å². The highest BCUT2D eigenvalue weighted by Crippen LogP contribution is 2.40. The summed E-state index contributed by atoms with van der Waals surface area (Å²) in [5.41, 5.74) is 2.11. The summed E-state index contributed by atoms with van der Waals surface area (Å²) in [4.78, 5) is 29.3. The van der Waals surface area contributed by atoms with Gasteiger partial charge in [0.05, 0.1) is 11.6 Å². The van der Waals surface area contributed by atoms with Crippen molar-refractivity contribution in [3.8, 4) is 5.75 Å². The number of halogens is 1. The molecule has 3 rings (SSSR count). The molecule has 1 saturated heterocycles. The third-order valence-electron chi connectivity index (χ3n) is 5.18. The van der Waals surface area contributed by atoms with Crippen LogP contribution in [0.1, 0.15) is 29.2 Å². The van der Waals surface area contributed by atoms with Crippen LogP contribution in [0.5, 0.6) is 5.75 Å². The predicted molar refractivity (Wildman–Crippen MR) is 119 cm³/mol. The number of phenols is 1. The van der Waals surface area contributed by atoms with Crippen molar-refractivity contribution in [1.29, 1.82) is 0 Å². The summed E-state index contributed by atoms with van der Waals surface area (Å²) in [7, 11) is 3.89. The Morgan fingerprint density at radius 3 is 2.40 bits per heavy atom. The van der Waals surface area contributed by atoms with Crippen LogP contribution in [0.4, 0.5) is 0 Å². The lowest BCUT2D eigenvalue weighted by Crippen LogP contribution is -2.32. The second-order valence-electron chi connectivity index (χ2n) is 7.70. The van der Waals surface area contributed by atoms with Gasteiger partial charge in [-0.25, -0.2) is 0 Å². The molecule has 7 heteroatoms. The van der Waals surface area contributed by atoms with Gasteiger partial charge in [0.2, 0.25) is 0 Å². The molecule has 2 N–H and O–H groups in total. The Morgan fingerprint density at radius 2 is 1.80 bits per heavy atom. The Kier molecular flexibility index (Phi) is 6.63. The lowest BCUT2D eigenvalue weighted by molar-refractivity contribution is -0.139. The maximum atomic E-state index is 13.0. The number of benzene rings is 2. The molecule has 0 radical (unpaired) electrons. The van der Waals surface area contributed by atoms with Crippen LogP contribution in [0.25, 0.3) is 5.76 Å². The number of aryl methyl sites for hydroxylation is 1. The van der Waals surface area contributed by atoms with E-state index in [1.54, 1.807) is 30.3 Å². The van der Waals surface area contributed by atoms with E-state index in [1.165, 1.54) is 17.0 Å². The summed E-state index contributed by atoms with van der Waals surface area (Å²) in [6.45, 7) is 3.03. The number of phenolic OH excluding ortho intramolecular Hbond substituents is 1. The minimum Gasteiger partial charge on any atom is -0.508 e. The zero-order valence-corrected chi connectivity index (χ0v) is 18.8. The molecule has 1 fully saturated rings. The minimum absolute atomic E-state index is 0.0669. The van der Waals surface area contributed by atoms with E-state index in [0.717, 1.165) is 16.6 Å². The molecule has 6 nitrogen and oxygen atoms in total. The van der Waals surface area contributed by atoms with Crippen LogP contribution >= 0.6 is 15.9 Å². The predicted octanol–water partition coefficient (Wildman–Crippen LogP) is 3.84. The second-order valence-corrected chi connectivity index (χ2v) is 8.56.